The minimum atomic E-state index is -2.11. The predicted molar refractivity (Wildman–Crippen MR) is 230 cm³/mol. The van der Waals surface area contributed by atoms with Gasteiger partial charge in [-0.1, -0.05) is 134 Å². The summed E-state index contributed by atoms with van der Waals surface area (Å²) in [5.74, 6) is -10.8. The topological polar surface area (TPSA) is 237 Å². The third kappa shape index (κ3) is 19.6. The van der Waals surface area contributed by atoms with E-state index in [0.29, 0.717) is 22.3 Å². The standard InChI is InChI=1S/C49H48O18/c1-3-24-59-42(51)25-39(47(56)61-30-35-18-10-5-11-19-35)65-44(53)27-41(49(58)63-32-37-22-14-7-15-23-37)67-45(54)28-40(48(57)62-31-36-20-12-6-13-21-36)66-43(52)26-38(64-33(2)50)46(55)60-29-34-16-8-4-9-17-34/h3-23,38-41H,1,24-32H2,2H3/t38-,39-,40-,41-/m0/s1. The Balaban J connectivity index is 1.53. The highest BCUT2D eigenvalue weighted by atomic mass is 16.6. The number of hydrogen-bond acceptors (Lipinski definition) is 18. The molecule has 0 unspecified atom stereocenters. The van der Waals surface area contributed by atoms with Crippen LogP contribution in [0.4, 0.5) is 0 Å². The van der Waals surface area contributed by atoms with Crippen LogP contribution < -0.4 is 0 Å². The van der Waals surface area contributed by atoms with Gasteiger partial charge in [0.15, 0.2) is 0 Å². The molecule has 4 aromatic carbocycles. The molecule has 18 heteroatoms. The first-order valence-corrected chi connectivity index (χ1v) is 20.6. The van der Waals surface area contributed by atoms with Crippen LogP contribution in [0.1, 0.15) is 54.9 Å². The molecule has 352 valence electrons. The van der Waals surface area contributed by atoms with E-state index >= 15 is 0 Å². The first-order chi connectivity index (χ1) is 32.3. The summed E-state index contributed by atoms with van der Waals surface area (Å²) in [7, 11) is 0. The number of ether oxygens (including phenoxy) is 9. The van der Waals surface area contributed by atoms with Gasteiger partial charge in [0.25, 0.3) is 0 Å². The van der Waals surface area contributed by atoms with E-state index in [-0.39, 0.29) is 33.0 Å². The lowest BCUT2D eigenvalue weighted by Gasteiger charge is -2.21. The van der Waals surface area contributed by atoms with E-state index in [1.165, 1.54) is 6.08 Å². The molecule has 0 bridgehead atoms. The summed E-state index contributed by atoms with van der Waals surface area (Å²) >= 11 is 0. The molecule has 0 aliphatic heterocycles. The van der Waals surface area contributed by atoms with E-state index in [1.54, 1.807) is 121 Å². The molecule has 0 saturated heterocycles. The quantitative estimate of drug-likeness (QED) is 0.0462. The Hall–Kier alpha value is -8.15. The number of carbonyl (C=O) groups excluding carboxylic acids is 9. The van der Waals surface area contributed by atoms with Crippen LogP contribution in [0.15, 0.2) is 134 Å². The average molecular weight is 925 g/mol. The molecule has 0 radical (unpaired) electrons. The van der Waals surface area contributed by atoms with Gasteiger partial charge in [-0.05, 0) is 22.3 Å². The average Bonchev–Trinajstić information content (AvgIpc) is 3.33. The van der Waals surface area contributed by atoms with Crippen LogP contribution in [-0.4, -0.2) is 84.7 Å². The third-order valence-corrected chi connectivity index (χ3v) is 8.85. The molecule has 0 N–H and O–H groups in total. The molecule has 0 aliphatic carbocycles. The molecule has 0 heterocycles. The highest BCUT2D eigenvalue weighted by Gasteiger charge is 2.37. The molecular formula is C49H48O18. The van der Waals surface area contributed by atoms with Gasteiger partial charge in [-0.25, -0.2) is 19.2 Å². The van der Waals surface area contributed by atoms with Gasteiger partial charge in [-0.3, -0.25) is 24.0 Å². The Kier molecular flexibility index (Phi) is 21.4. The van der Waals surface area contributed by atoms with Crippen molar-refractivity contribution in [1.29, 1.82) is 0 Å². The second-order valence-corrected chi connectivity index (χ2v) is 14.2. The van der Waals surface area contributed by atoms with Gasteiger partial charge in [0.1, 0.15) is 33.0 Å². The first kappa shape index (κ1) is 51.5. The van der Waals surface area contributed by atoms with Crippen molar-refractivity contribution in [2.75, 3.05) is 6.61 Å². The second-order valence-electron chi connectivity index (χ2n) is 14.2. The molecule has 67 heavy (non-hydrogen) atoms. The monoisotopic (exact) mass is 924 g/mol. The Morgan fingerprint density at radius 3 is 0.896 bits per heavy atom. The third-order valence-electron chi connectivity index (χ3n) is 8.85. The highest BCUT2D eigenvalue weighted by molar-refractivity contribution is 5.90. The minimum absolute atomic E-state index is 0.228. The van der Waals surface area contributed by atoms with E-state index in [1.807, 2.05) is 0 Å². The molecule has 18 nitrogen and oxygen atoms in total. The van der Waals surface area contributed by atoms with Crippen molar-refractivity contribution in [2.45, 2.75) is 83.5 Å². The predicted octanol–water partition coefficient (Wildman–Crippen LogP) is 4.92. The van der Waals surface area contributed by atoms with Crippen molar-refractivity contribution >= 4 is 53.7 Å². The van der Waals surface area contributed by atoms with Crippen molar-refractivity contribution in [2.24, 2.45) is 0 Å². The van der Waals surface area contributed by atoms with Crippen LogP contribution in [0, 0.1) is 0 Å². The van der Waals surface area contributed by atoms with E-state index in [4.69, 9.17) is 42.6 Å². The van der Waals surface area contributed by atoms with Crippen LogP contribution in [0.2, 0.25) is 0 Å². The largest absolute Gasteiger partial charge is 0.461 e. The number of carbonyl (C=O) groups is 9. The Morgan fingerprint density at radius 2 is 0.642 bits per heavy atom. The van der Waals surface area contributed by atoms with Crippen LogP contribution >= 0.6 is 0 Å². The van der Waals surface area contributed by atoms with Gasteiger partial charge < -0.3 is 42.6 Å². The van der Waals surface area contributed by atoms with Crippen LogP contribution in [-0.2, 0) is 112 Å². The fourth-order valence-corrected chi connectivity index (χ4v) is 5.62. The van der Waals surface area contributed by atoms with Crippen molar-refractivity contribution in [3.05, 3.63) is 156 Å². The van der Waals surface area contributed by atoms with E-state index in [9.17, 15) is 43.2 Å². The lowest BCUT2D eigenvalue weighted by molar-refractivity contribution is -0.183. The molecular weight excluding hydrogens is 877 g/mol. The van der Waals surface area contributed by atoms with E-state index in [0.717, 1.165) is 6.92 Å². The Labute approximate surface area is 385 Å². The summed E-state index contributed by atoms with van der Waals surface area (Å²) in [6, 6.07) is 33.5. The van der Waals surface area contributed by atoms with E-state index < -0.39 is 104 Å². The van der Waals surface area contributed by atoms with Crippen molar-refractivity contribution < 1.29 is 85.8 Å². The molecule has 4 rings (SSSR count). The zero-order valence-electron chi connectivity index (χ0n) is 36.4. The van der Waals surface area contributed by atoms with Crippen LogP contribution in [0.3, 0.4) is 0 Å². The smallest absolute Gasteiger partial charge is 0.348 e. The fraction of sp³-hybridized carbons (Fsp3) is 0.286. The number of esters is 9. The number of hydrogen-bond donors (Lipinski definition) is 0. The fourth-order valence-electron chi connectivity index (χ4n) is 5.62. The molecule has 0 fully saturated rings. The van der Waals surface area contributed by atoms with Gasteiger partial charge in [0.05, 0.1) is 25.7 Å². The van der Waals surface area contributed by atoms with E-state index in [2.05, 4.69) is 6.58 Å². The number of rotatable bonds is 26. The Morgan fingerprint density at radius 1 is 0.388 bits per heavy atom. The van der Waals surface area contributed by atoms with Gasteiger partial charge in [0.2, 0.25) is 24.4 Å². The maximum Gasteiger partial charge on any atom is 0.348 e. The Bertz CT molecular complexity index is 2280. The molecule has 4 atom stereocenters. The highest BCUT2D eigenvalue weighted by Crippen LogP contribution is 2.17. The maximum absolute atomic E-state index is 13.6. The molecule has 0 saturated carbocycles. The molecule has 4 aromatic rings. The zero-order valence-corrected chi connectivity index (χ0v) is 36.4. The lowest BCUT2D eigenvalue weighted by Crippen LogP contribution is -2.38. The van der Waals surface area contributed by atoms with Gasteiger partial charge in [-0.15, -0.1) is 0 Å². The second kappa shape index (κ2) is 27.9. The minimum Gasteiger partial charge on any atom is -0.461 e. The van der Waals surface area contributed by atoms with Gasteiger partial charge in [-0.2, -0.15) is 0 Å². The van der Waals surface area contributed by atoms with Gasteiger partial charge >= 0.3 is 53.7 Å². The van der Waals surface area contributed by atoms with Crippen molar-refractivity contribution in [3.63, 3.8) is 0 Å². The molecule has 0 aliphatic rings. The first-order valence-electron chi connectivity index (χ1n) is 20.6. The SMILES string of the molecule is C=CCOC(=O)C[C@H](OC(=O)C[C@H](OC(=O)C[C@H](OC(=O)C[C@H](OC(C)=O)C(=O)OCc1ccccc1)C(=O)OCc1ccccc1)C(=O)OCc1ccccc1)C(=O)OCc1ccccc1. The lowest BCUT2D eigenvalue weighted by atomic mass is 10.2. The van der Waals surface area contributed by atoms with Crippen molar-refractivity contribution in [3.8, 4) is 0 Å². The van der Waals surface area contributed by atoms with Crippen molar-refractivity contribution in [1.82, 2.24) is 0 Å². The normalized spacial score (nSPS) is 12.3. The van der Waals surface area contributed by atoms with Crippen LogP contribution in [0.25, 0.3) is 0 Å². The summed E-state index contributed by atoms with van der Waals surface area (Å²) in [5.41, 5.74) is 2.17. The summed E-state index contributed by atoms with van der Waals surface area (Å²) in [6.07, 6.45) is -10.7. The maximum atomic E-state index is 13.6. The molecule has 0 spiro atoms. The number of benzene rings is 4. The molecule has 0 aromatic heterocycles. The summed E-state index contributed by atoms with van der Waals surface area (Å²) < 4.78 is 47.0. The molecule has 0 amide bonds. The van der Waals surface area contributed by atoms with Gasteiger partial charge in [0, 0.05) is 6.92 Å². The summed E-state index contributed by atoms with van der Waals surface area (Å²) in [5, 5.41) is 0. The van der Waals surface area contributed by atoms with Crippen LogP contribution in [0.5, 0.6) is 0 Å². The summed E-state index contributed by atoms with van der Waals surface area (Å²) in [6.45, 7) is 3.00. The summed E-state index contributed by atoms with van der Waals surface area (Å²) in [4.78, 5) is 118. The zero-order chi connectivity index (χ0) is 48.4.